The summed E-state index contributed by atoms with van der Waals surface area (Å²) in [6.45, 7) is 4.73. The molecule has 0 radical (unpaired) electrons. The van der Waals surface area contributed by atoms with Gasteiger partial charge in [0.25, 0.3) is 0 Å². The fourth-order valence-electron chi connectivity index (χ4n) is 8.75. The highest BCUT2D eigenvalue weighted by atomic mass is 15.2. The van der Waals surface area contributed by atoms with Crippen LogP contribution >= 0.6 is 0 Å². The number of fused-ring (bicyclic) bond motifs is 9. The van der Waals surface area contributed by atoms with Crippen LogP contribution in [0.2, 0.25) is 0 Å². The van der Waals surface area contributed by atoms with Crippen molar-refractivity contribution in [1.82, 2.24) is 14.5 Å². The third-order valence-corrected chi connectivity index (χ3v) is 11.1. The average Bonchev–Trinajstić information content (AvgIpc) is 3.47. The summed E-state index contributed by atoms with van der Waals surface area (Å²) in [5.74, 6) is 0.675. The number of nitrogens with zero attached hydrogens (tertiary/aromatic N) is 3. The molecule has 2 heterocycles. The van der Waals surface area contributed by atoms with E-state index in [1.54, 1.807) is 0 Å². The van der Waals surface area contributed by atoms with Crippen LogP contribution in [0.1, 0.15) is 25.0 Å². The summed E-state index contributed by atoms with van der Waals surface area (Å²) in [7, 11) is 0. The molecule has 3 heteroatoms. The highest BCUT2D eigenvalue weighted by Gasteiger charge is 2.35. The molecule has 0 bridgehead atoms. The first kappa shape index (κ1) is 27.6. The molecule has 0 saturated heterocycles. The van der Waals surface area contributed by atoms with Gasteiger partial charge in [-0.05, 0) is 79.3 Å². The second kappa shape index (κ2) is 9.87. The van der Waals surface area contributed by atoms with E-state index in [1.807, 2.05) is 0 Å². The topological polar surface area (TPSA) is 30.7 Å². The van der Waals surface area contributed by atoms with Gasteiger partial charge in [0.05, 0.1) is 22.2 Å². The van der Waals surface area contributed by atoms with E-state index in [-0.39, 0.29) is 5.41 Å². The molecule has 0 spiro atoms. The van der Waals surface area contributed by atoms with Crippen LogP contribution in [0.25, 0.3) is 93.4 Å². The van der Waals surface area contributed by atoms with Crippen molar-refractivity contribution in [2.45, 2.75) is 19.3 Å². The maximum absolute atomic E-state index is 5.49. The smallest absolute Gasteiger partial charge is 0.235 e. The first-order valence-corrected chi connectivity index (χ1v) is 17.3. The van der Waals surface area contributed by atoms with Crippen LogP contribution in [0.3, 0.4) is 0 Å². The van der Waals surface area contributed by atoms with Gasteiger partial charge in [-0.15, -0.1) is 0 Å². The Hall–Kier alpha value is -6.32. The Morgan fingerprint density at radius 1 is 0.480 bits per heavy atom. The third kappa shape index (κ3) is 3.69. The van der Waals surface area contributed by atoms with Crippen LogP contribution in [0, 0.1) is 0 Å². The number of hydrogen-bond donors (Lipinski definition) is 0. The van der Waals surface area contributed by atoms with E-state index in [1.165, 1.54) is 65.3 Å². The molecule has 1 aliphatic rings. The minimum Gasteiger partial charge on any atom is -0.278 e. The standard InChI is InChI=1S/C47H31N3/c1-47(2)37-19-9-7-17-34(37)44-42-32(16-11-20-38(42)47)27-41-43(44)36-25-30-14-5-6-15-31(30)26-40(36)50(41)46-48-39-21-10-8-18-35(39)45(49-46)33-23-22-28-12-3-4-13-29(28)24-33/h3-27H,1-2H3. The first-order valence-electron chi connectivity index (χ1n) is 17.3. The molecule has 3 nitrogen and oxygen atoms in total. The van der Waals surface area contributed by atoms with Gasteiger partial charge in [0.1, 0.15) is 0 Å². The highest BCUT2D eigenvalue weighted by Crippen LogP contribution is 2.53. The van der Waals surface area contributed by atoms with Crippen molar-refractivity contribution in [2.24, 2.45) is 0 Å². The molecular formula is C47H31N3. The lowest BCUT2D eigenvalue weighted by atomic mass is 9.68. The normalized spacial score (nSPS) is 13.6. The number of benzene rings is 8. The van der Waals surface area contributed by atoms with E-state index >= 15 is 0 Å². The molecule has 0 unspecified atom stereocenters. The summed E-state index contributed by atoms with van der Waals surface area (Å²) < 4.78 is 2.32. The van der Waals surface area contributed by atoms with Gasteiger partial charge < -0.3 is 0 Å². The maximum Gasteiger partial charge on any atom is 0.235 e. The summed E-state index contributed by atoms with van der Waals surface area (Å²) in [5, 5.41) is 10.9. The SMILES string of the molecule is CC1(C)c2ccccc2-c2c3c1cccc3cc1c2c2cc3ccccc3cc2n1-c1nc(-c2ccc3ccccc3c2)c2ccccc2n1. The van der Waals surface area contributed by atoms with Crippen molar-refractivity contribution in [1.29, 1.82) is 0 Å². The van der Waals surface area contributed by atoms with Gasteiger partial charge in [0.2, 0.25) is 5.95 Å². The zero-order valence-corrected chi connectivity index (χ0v) is 27.8. The van der Waals surface area contributed by atoms with E-state index in [9.17, 15) is 0 Å². The lowest BCUT2D eigenvalue weighted by Crippen LogP contribution is -2.23. The number of hydrogen-bond acceptors (Lipinski definition) is 2. The van der Waals surface area contributed by atoms with Crippen molar-refractivity contribution < 1.29 is 0 Å². The molecule has 0 fully saturated rings. The Balaban J connectivity index is 1.33. The van der Waals surface area contributed by atoms with Crippen molar-refractivity contribution >= 4 is 65.0 Å². The van der Waals surface area contributed by atoms with Crippen LogP contribution in [0.15, 0.2) is 152 Å². The van der Waals surface area contributed by atoms with Gasteiger partial charge in [-0.3, -0.25) is 4.57 Å². The Labute approximate surface area is 289 Å². The van der Waals surface area contributed by atoms with Crippen LogP contribution in [-0.2, 0) is 5.41 Å². The molecule has 0 atom stereocenters. The van der Waals surface area contributed by atoms with Gasteiger partial charge in [-0.1, -0.05) is 135 Å². The van der Waals surface area contributed by atoms with E-state index in [4.69, 9.17) is 9.97 Å². The highest BCUT2D eigenvalue weighted by molar-refractivity contribution is 6.26. The molecule has 0 N–H and O–H groups in total. The Morgan fingerprint density at radius 3 is 2.00 bits per heavy atom. The Morgan fingerprint density at radius 2 is 1.14 bits per heavy atom. The summed E-state index contributed by atoms with van der Waals surface area (Å²) in [4.78, 5) is 10.8. The zero-order valence-electron chi connectivity index (χ0n) is 27.8. The zero-order chi connectivity index (χ0) is 33.1. The number of para-hydroxylation sites is 1. The van der Waals surface area contributed by atoms with Crippen LogP contribution in [-0.4, -0.2) is 14.5 Å². The fourth-order valence-corrected chi connectivity index (χ4v) is 8.75. The summed E-state index contributed by atoms with van der Waals surface area (Å²) >= 11 is 0. The van der Waals surface area contributed by atoms with E-state index in [2.05, 4.69) is 170 Å². The van der Waals surface area contributed by atoms with E-state index in [0.717, 1.165) is 33.2 Å². The van der Waals surface area contributed by atoms with Crippen molar-refractivity contribution in [3.8, 4) is 28.3 Å². The molecule has 234 valence electrons. The van der Waals surface area contributed by atoms with E-state index in [0.29, 0.717) is 5.95 Å². The quantitative estimate of drug-likeness (QED) is 0.189. The fraction of sp³-hybridized carbons (Fsp3) is 0.0638. The van der Waals surface area contributed by atoms with Crippen molar-refractivity contribution in [2.75, 3.05) is 0 Å². The second-order valence-corrected chi connectivity index (χ2v) is 14.2. The molecule has 0 amide bonds. The monoisotopic (exact) mass is 637 g/mol. The molecule has 11 rings (SSSR count). The summed E-state index contributed by atoms with van der Waals surface area (Å²) in [6.07, 6.45) is 0. The molecule has 10 aromatic rings. The first-order chi connectivity index (χ1) is 24.5. The molecule has 8 aromatic carbocycles. The molecule has 0 saturated carbocycles. The number of aromatic nitrogens is 3. The minimum absolute atomic E-state index is 0.127. The second-order valence-electron chi connectivity index (χ2n) is 14.2. The molecular weight excluding hydrogens is 607 g/mol. The minimum atomic E-state index is -0.127. The lowest BCUT2D eigenvalue weighted by molar-refractivity contribution is 0.645. The van der Waals surface area contributed by atoms with E-state index < -0.39 is 0 Å². The Kier molecular flexibility index (Phi) is 5.45. The molecule has 1 aliphatic carbocycles. The predicted molar refractivity (Wildman–Crippen MR) is 209 cm³/mol. The number of rotatable bonds is 2. The van der Waals surface area contributed by atoms with Gasteiger partial charge >= 0.3 is 0 Å². The van der Waals surface area contributed by atoms with Gasteiger partial charge in [-0.25, -0.2) is 9.97 Å². The van der Waals surface area contributed by atoms with Crippen molar-refractivity contribution in [3.63, 3.8) is 0 Å². The van der Waals surface area contributed by atoms with Gasteiger partial charge in [0, 0.05) is 32.7 Å². The third-order valence-electron chi connectivity index (χ3n) is 11.1. The summed E-state index contributed by atoms with van der Waals surface area (Å²) in [5.41, 5.74) is 10.4. The van der Waals surface area contributed by atoms with Gasteiger partial charge in [0.15, 0.2) is 0 Å². The largest absolute Gasteiger partial charge is 0.278 e. The average molecular weight is 638 g/mol. The van der Waals surface area contributed by atoms with Crippen molar-refractivity contribution in [3.05, 3.63) is 163 Å². The van der Waals surface area contributed by atoms with Crippen LogP contribution in [0.4, 0.5) is 0 Å². The Bertz CT molecular complexity index is 3070. The predicted octanol–water partition coefficient (Wildman–Crippen LogP) is 12.2. The maximum atomic E-state index is 5.49. The van der Waals surface area contributed by atoms with Crippen LogP contribution in [0.5, 0.6) is 0 Å². The molecule has 0 aliphatic heterocycles. The lowest BCUT2D eigenvalue weighted by Gasteiger charge is -2.35. The molecule has 2 aromatic heterocycles. The molecule has 50 heavy (non-hydrogen) atoms. The van der Waals surface area contributed by atoms with Crippen LogP contribution < -0.4 is 0 Å². The van der Waals surface area contributed by atoms with Gasteiger partial charge in [-0.2, -0.15) is 0 Å². The summed E-state index contributed by atoms with van der Waals surface area (Å²) in [6, 6.07) is 55.1.